The average molecular weight is 433 g/mol. The second-order valence-electron chi connectivity index (χ2n) is 7.53. The van der Waals surface area contributed by atoms with Crippen LogP contribution in [0.2, 0.25) is 0 Å². The number of hydrogen-bond acceptors (Lipinski definition) is 5. The molecule has 4 rings (SSSR count). The van der Waals surface area contributed by atoms with Crippen LogP contribution >= 0.6 is 0 Å². The molecule has 12 heteroatoms. The Bertz CT molecular complexity index is 988. The maximum absolute atomic E-state index is 13.5. The lowest BCUT2D eigenvalue weighted by Gasteiger charge is -2.33. The Morgan fingerprint density at radius 2 is 2.10 bits per heavy atom. The first-order valence-corrected chi connectivity index (χ1v) is 9.46. The molecule has 1 fully saturated rings. The van der Waals surface area contributed by atoms with Crippen molar-refractivity contribution in [1.82, 2.24) is 24.6 Å². The van der Waals surface area contributed by atoms with Gasteiger partial charge in [0.25, 0.3) is 0 Å². The van der Waals surface area contributed by atoms with Crippen molar-refractivity contribution < 1.29 is 27.1 Å². The zero-order valence-corrected chi connectivity index (χ0v) is 15.7. The highest BCUT2D eigenvalue weighted by atomic mass is 19.4. The number of alkyl halides is 4. The van der Waals surface area contributed by atoms with Crippen LogP contribution in [0, 0.1) is 5.82 Å². The van der Waals surface area contributed by atoms with Crippen molar-refractivity contribution in [3.05, 3.63) is 51.5 Å². The molecule has 3 atom stereocenters. The average Bonchev–Trinajstić information content (AvgIpc) is 3.25. The van der Waals surface area contributed by atoms with Gasteiger partial charge in [-0.25, -0.2) is 18.3 Å². The van der Waals surface area contributed by atoms with Gasteiger partial charge in [0.1, 0.15) is 24.0 Å². The van der Waals surface area contributed by atoms with Crippen molar-refractivity contribution in [2.24, 2.45) is 0 Å². The predicted octanol–water partition coefficient (Wildman–Crippen LogP) is 1.26. The van der Waals surface area contributed by atoms with Crippen LogP contribution < -0.4 is 11.0 Å². The molecule has 1 aromatic carbocycles. The first kappa shape index (κ1) is 20.9. The molecular formula is C18H20F5N5O2. The Morgan fingerprint density at radius 1 is 1.33 bits per heavy atom. The fraction of sp³-hybridized carbons (Fsp3) is 0.556. The Kier molecular flexibility index (Phi) is 5.41. The van der Waals surface area contributed by atoms with E-state index in [4.69, 9.17) is 0 Å². The Labute approximate surface area is 167 Å². The Balaban J connectivity index is 1.62. The molecule has 2 unspecified atom stereocenters. The van der Waals surface area contributed by atoms with Gasteiger partial charge in [0.05, 0.1) is 24.7 Å². The molecule has 2 aromatic rings. The molecule has 0 saturated carbocycles. The third-order valence-corrected chi connectivity index (χ3v) is 5.46. The summed E-state index contributed by atoms with van der Waals surface area (Å²) in [6, 6.07) is 1.79. The van der Waals surface area contributed by atoms with Crippen molar-refractivity contribution in [3.8, 4) is 0 Å². The molecule has 164 valence electrons. The summed E-state index contributed by atoms with van der Waals surface area (Å²) in [5.74, 6) is -1.09. The Hall–Kier alpha value is -2.31. The van der Waals surface area contributed by atoms with Gasteiger partial charge in [-0.3, -0.25) is 9.47 Å². The third-order valence-electron chi connectivity index (χ3n) is 5.46. The largest absolute Gasteiger partial charge is 0.419 e. The van der Waals surface area contributed by atoms with Gasteiger partial charge in [-0.1, -0.05) is 6.07 Å². The summed E-state index contributed by atoms with van der Waals surface area (Å²) in [5.41, 5.74) is -1.96. The maximum atomic E-state index is 13.5. The van der Waals surface area contributed by atoms with Crippen LogP contribution in [0.25, 0.3) is 0 Å². The minimum atomic E-state index is -4.86. The molecule has 1 aromatic heterocycles. The van der Waals surface area contributed by atoms with Crippen molar-refractivity contribution in [3.63, 3.8) is 0 Å². The van der Waals surface area contributed by atoms with E-state index < -0.39 is 41.7 Å². The van der Waals surface area contributed by atoms with Crippen LogP contribution in [-0.2, 0) is 19.3 Å². The molecule has 7 nitrogen and oxygen atoms in total. The minimum absolute atomic E-state index is 0.0612. The molecular weight excluding hydrogens is 413 g/mol. The summed E-state index contributed by atoms with van der Waals surface area (Å²) in [5, 5.41) is 17.9. The molecule has 2 aliphatic rings. The van der Waals surface area contributed by atoms with E-state index in [0.29, 0.717) is 30.9 Å². The second-order valence-corrected chi connectivity index (χ2v) is 7.53. The monoisotopic (exact) mass is 433 g/mol. The number of likely N-dealkylation sites (tertiary alicyclic amines) is 1. The number of aliphatic hydroxyl groups is 1. The zero-order valence-electron chi connectivity index (χ0n) is 15.7. The van der Waals surface area contributed by atoms with E-state index in [2.05, 4.69) is 10.4 Å². The number of hydrogen-bond donors (Lipinski definition) is 2. The highest BCUT2D eigenvalue weighted by Gasteiger charge is 2.37. The highest BCUT2D eigenvalue weighted by molar-refractivity contribution is 5.27. The number of aromatic nitrogens is 3. The smallest absolute Gasteiger partial charge is 0.376 e. The number of rotatable bonds is 4. The van der Waals surface area contributed by atoms with E-state index in [9.17, 15) is 31.9 Å². The molecule has 1 saturated heterocycles. The van der Waals surface area contributed by atoms with Crippen LogP contribution in [0.5, 0.6) is 0 Å². The van der Waals surface area contributed by atoms with Gasteiger partial charge in [0.15, 0.2) is 0 Å². The van der Waals surface area contributed by atoms with Crippen LogP contribution in [0.4, 0.5) is 22.0 Å². The van der Waals surface area contributed by atoms with Crippen LogP contribution in [-0.4, -0.2) is 56.4 Å². The summed E-state index contributed by atoms with van der Waals surface area (Å²) < 4.78 is 68.1. The fourth-order valence-electron chi connectivity index (χ4n) is 3.97. The van der Waals surface area contributed by atoms with E-state index in [1.165, 1.54) is 4.57 Å². The number of nitrogens with one attached hydrogen (secondary N) is 1. The van der Waals surface area contributed by atoms with Gasteiger partial charge in [-0.05, 0) is 24.1 Å². The predicted molar refractivity (Wildman–Crippen MR) is 94.8 cm³/mol. The van der Waals surface area contributed by atoms with E-state index in [1.807, 2.05) is 0 Å². The molecule has 0 radical (unpaired) electrons. The van der Waals surface area contributed by atoms with Gasteiger partial charge in [-0.2, -0.15) is 18.3 Å². The molecule has 0 amide bonds. The number of aliphatic hydroxyl groups excluding tert-OH is 1. The van der Waals surface area contributed by atoms with E-state index in [1.54, 1.807) is 4.90 Å². The minimum Gasteiger partial charge on any atom is -0.376 e. The SMILES string of the molecule is O=c1n(Cc2ccc(F)c(C(F)(F)F)c2)nc2n1C(C(O)N1CC[C@H](F)C1)CNC2. The first-order valence-electron chi connectivity index (χ1n) is 9.46. The zero-order chi connectivity index (χ0) is 21.6. The van der Waals surface area contributed by atoms with Gasteiger partial charge in [0.2, 0.25) is 0 Å². The maximum Gasteiger partial charge on any atom is 0.419 e. The number of nitrogens with zero attached hydrogens (tertiary/aromatic N) is 4. The van der Waals surface area contributed by atoms with Gasteiger partial charge >= 0.3 is 11.9 Å². The van der Waals surface area contributed by atoms with Crippen molar-refractivity contribution in [1.29, 1.82) is 0 Å². The van der Waals surface area contributed by atoms with Crippen LogP contribution in [0.3, 0.4) is 0 Å². The second kappa shape index (κ2) is 7.75. The van der Waals surface area contributed by atoms with Crippen molar-refractivity contribution in [2.75, 3.05) is 19.6 Å². The topological polar surface area (TPSA) is 75.3 Å². The molecule has 0 aliphatic carbocycles. The van der Waals surface area contributed by atoms with Gasteiger partial charge in [-0.15, -0.1) is 0 Å². The Morgan fingerprint density at radius 3 is 2.77 bits per heavy atom. The third kappa shape index (κ3) is 3.86. The lowest BCUT2D eigenvalue weighted by Crippen LogP contribution is -2.50. The fourth-order valence-corrected chi connectivity index (χ4v) is 3.97. The van der Waals surface area contributed by atoms with E-state index in [-0.39, 0.29) is 31.7 Å². The summed E-state index contributed by atoms with van der Waals surface area (Å²) in [4.78, 5) is 14.4. The van der Waals surface area contributed by atoms with Gasteiger partial charge < -0.3 is 10.4 Å². The summed E-state index contributed by atoms with van der Waals surface area (Å²) in [6.07, 6.45) is -6.72. The quantitative estimate of drug-likeness (QED) is 0.711. The number of benzene rings is 1. The summed E-state index contributed by atoms with van der Waals surface area (Å²) >= 11 is 0. The van der Waals surface area contributed by atoms with Crippen molar-refractivity contribution >= 4 is 0 Å². The number of fused-ring (bicyclic) bond motifs is 1. The molecule has 0 spiro atoms. The molecule has 2 N–H and O–H groups in total. The van der Waals surface area contributed by atoms with E-state index in [0.717, 1.165) is 10.7 Å². The molecule has 2 aliphatic heterocycles. The molecule has 3 heterocycles. The highest BCUT2D eigenvalue weighted by Crippen LogP contribution is 2.32. The summed E-state index contributed by atoms with van der Waals surface area (Å²) in [6.45, 7) is 0.607. The molecule has 30 heavy (non-hydrogen) atoms. The standard InChI is InChI=1S/C18H20F5N5O2/c19-11-3-4-26(9-11)16(29)14-6-24-7-15-25-27(17(30)28(14)15)8-10-1-2-13(20)12(5-10)18(21,22)23/h1-2,5,11,14,16,24,29H,3-4,6-9H2/t11-,14?,16?/m0/s1. The van der Waals surface area contributed by atoms with Crippen LogP contribution in [0.15, 0.2) is 23.0 Å². The van der Waals surface area contributed by atoms with Crippen LogP contribution in [0.1, 0.15) is 29.4 Å². The lowest BCUT2D eigenvalue weighted by atomic mass is 10.1. The molecule has 0 bridgehead atoms. The first-order chi connectivity index (χ1) is 14.1. The lowest BCUT2D eigenvalue weighted by molar-refractivity contribution is -0.140. The summed E-state index contributed by atoms with van der Waals surface area (Å²) in [7, 11) is 0. The van der Waals surface area contributed by atoms with Crippen molar-refractivity contribution in [2.45, 2.75) is 44.1 Å². The number of halogens is 5. The van der Waals surface area contributed by atoms with Gasteiger partial charge in [0, 0.05) is 19.6 Å². The normalized spacial score (nSPS) is 23.5. The van der Waals surface area contributed by atoms with E-state index >= 15 is 0 Å².